The molecule has 0 aromatic carbocycles. The maximum Gasteiger partial charge on any atom is 0.221 e. The summed E-state index contributed by atoms with van der Waals surface area (Å²) in [5.74, 6) is 1.07. The van der Waals surface area contributed by atoms with Crippen LogP contribution in [-0.4, -0.2) is 16.0 Å². The number of nitrogens with one attached hydrogen (secondary N) is 1. The van der Waals surface area contributed by atoms with Crippen LogP contribution in [0.1, 0.15) is 12.5 Å². The van der Waals surface area contributed by atoms with Crippen LogP contribution in [0.4, 0.5) is 11.8 Å². The first-order valence-electron chi connectivity index (χ1n) is 5.10. The van der Waals surface area contributed by atoms with E-state index >= 15 is 0 Å². The highest BCUT2D eigenvalue weighted by atomic mass is 32.1. The van der Waals surface area contributed by atoms with Gasteiger partial charge in [0, 0.05) is 12.2 Å². The van der Waals surface area contributed by atoms with Crippen LogP contribution in [0.2, 0.25) is 0 Å². The second kappa shape index (κ2) is 4.94. The third-order valence-corrected chi connectivity index (χ3v) is 2.92. The van der Waals surface area contributed by atoms with E-state index in [9.17, 15) is 0 Å². The highest BCUT2D eigenvalue weighted by Gasteiger charge is 2.05. The zero-order chi connectivity index (χ0) is 11.4. The van der Waals surface area contributed by atoms with Gasteiger partial charge in [-0.3, -0.25) is 0 Å². The summed E-state index contributed by atoms with van der Waals surface area (Å²) in [5.41, 5.74) is 6.85. The molecule has 84 valence electrons. The van der Waals surface area contributed by atoms with E-state index < -0.39 is 0 Å². The Bertz CT molecular complexity index is 441. The van der Waals surface area contributed by atoms with Crippen LogP contribution < -0.4 is 11.1 Å². The highest BCUT2D eigenvalue weighted by Crippen LogP contribution is 2.11. The van der Waals surface area contributed by atoms with Crippen LogP contribution >= 0.6 is 11.3 Å². The van der Waals surface area contributed by atoms with Crippen molar-refractivity contribution in [2.75, 3.05) is 11.1 Å². The molecular formula is C11H14N4S. The van der Waals surface area contributed by atoms with Crippen molar-refractivity contribution in [1.29, 1.82) is 0 Å². The normalized spacial score (nSPS) is 12.3. The van der Waals surface area contributed by atoms with E-state index in [1.54, 1.807) is 17.5 Å². The number of aromatic nitrogens is 2. The van der Waals surface area contributed by atoms with Gasteiger partial charge in [-0.25, -0.2) is 4.98 Å². The predicted octanol–water partition coefficient (Wildman–Crippen LogP) is 2.16. The van der Waals surface area contributed by atoms with Gasteiger partial charge in [0.05, 0.1) is 0 Å². The van der Waals surface area contributed by atoms with E-state index in [2.05, 4.69) is 39.0 Å². The van der Waals surface area contributed by atoms with Crippen LogP contribution in [0.15, 0.2) is 29.1 Å². The van der Waals surface area contributed by atoms with Crippen molar-refractivity contribution >= 4 is 23.1 Å². The lowest BCUT2D eigenvalue weighted by Gasteiger charge is -2.13. The van der Waals surface area contributed by atoms with Gasteiger partial charge < -0.3 is 11.1 Å². The Morgan fingerprint density at radius 1 is 1.50 bits per heavy atom. The Balaban J connectivity index is 1.94. The third-order valence-electron chi connectivity index (χ3n) is 2.19. The minimum atomic E-state index is 0.299. The first kappa shape index (κ1) is 10.9. The van der Waals surface area contributed by atoms with Gasteiger partial charge in [0.1, 0.15) is 5.82 Å². The number of hydrogen-bond acceptors (Lipinski definition) is 5. The lowest BCUT2D eigenvalue weighted by atomic mass is 10.1. The molecule has 1 unspecified atom stereocenters. The zero-order valence-corrected chi connectivity index (χ0v) is 9.87. The molecule has 5 heteroatoms. The SMILES string of the molecule is CC(Cc1ccsc1)Nc1ccnc(N)n1. The van der Waals surface area contributed by atoms with E-state index in [0.717, 1.165) is 12.2 Å². The van der Waals surface area contributed by atoms with Gasteiger partial charge in [-0.05, 0) is 41.8 Å². The number of hydrogen-bond donors (Lipinski definition) is 2. The number of nitrogen functional groups attached to an aromatic ring is 1. The molecule has 0 radical (unpaired) electrons. The molecule has 0 saturated heterocycles. The predicted molar refractivity (Wildman–Crippen MR) is 67.6 cm³/mol. The topological polar surface area (TPSA) is 63.8 Å². The van der Waals surface area contributed by atoms with Crippen molar-refractivity contribution in [3.8, 4) is 0 Å². The third kappa shape index (κ3) is 2.93. The average molecular weight is 234 g/mol. The molecule has 1 atom stereocenters. The van der Waals surface area contributed by atoms with Crippen LogP contribution in [0, 0.1) is 0 Å². The average Bonchev–Trinajstić information content (AvgIpc) is 2.70. The van der Waals surface area contributed by atoms with E-state index in [0.29, 0.717) is 12.0 Å². The van der Waals surface area contributed by atoms with Gasteiger partial charge in [0.25, 0.3) is 0 Å². The second-order valence-electron chi connectivity index (χ2n) is 3.68. The fourth-order valence-electron chi connectivity index (χ4n) is 1.52. The molecule has 0 amide bonds. The number of nitrogens with two attached hydrogens (primary N) is 1. The first-order valence-corrected chi connectivity index (χ1v) is 6.04. The number of rotatable bonds is 4. The Morgan fingerprint density at radius 2 is 2.38 bits per heavy atom. The van der Waals surface area contributed by atoms with E-state index in [1.807, 2.05) is 6.07 Å². The van der Waals surface area contributed by atoms with E-state index in [-0.39, 0.29) is 0 Å². The smallest absolute Gasteiger partial charge is 0.221 e. The fraction of sp³-hybridized carbons (Fsp3) is 0.273. The summed E-state index contributed by atoms with van der Waals surface area (Å²) >= 11 is 1.72. The van der Waals surface area contributed by atoms with Crippen LogP contribution in [-0.2, 0) is 6.42 Å². The van der Waals surface area contributed by atoms with Gasteiger partial charge in [0.15, 0.2) is 0 Å². The van der Waals surface area contributed by atoms with Crippen molar-refractivity contribution < 1.29 is 0 Å². The number of anilines is 2. The molecule has 16 heavy (non-hydrogen) atoms. The molecule has 2 aromatic rings. The molecule has 4 nitrogen and oxygen atoms in total. The standard InChI is InChI=1S/C11H14N4S/c1-8(6-9-3-5-16-7-9)14-10-2-4-13-11(12)15-10/h2-5,7-8H,6H2,1H3,(H3,12,13,14,15). The van der Waals surface area contributed by atoms with Crippen LogP contribution in [0.3, 0.4) is 0 Å². The molecule has 2 aromatic heterocycles. The fourth-order valence-corrected chi connectivity index (χ4v) is 2.20. The van der Waals surface area contributed by atoms with E-state index in [1.165, 1.54) is 5.56 Å². The van der Waals surface area contributed by atoms with Gasteiger partial charge >= 0.3 is 0 Å². The van der Waals surface area contributed by atoms with Crippen molar-refractivity contribution in [2.45, 2.75) is 19.4 Å². The molecule has 0 fully saturated rings. The monoisotopic (exact) mass is 234 g/mol. The summed E-state index contributed by atoms with van der Waals surface area (Å²) in [6, 6.07) is 4.28. The number of thiophene rings is 1. The summed E-state index contributed by atoms with van der Waals surface area (Å²) in [7, 11) is 0. The van der Waals surface area contributed by atoms with Gasteiger partial charge in [0.2, 0.25) is 5.95 Å². The highest BCUT2D eigenvalue weighted by molar-refractivity contribution is 7.07. The molecule has 2 heterocycles. The molecule has 2 rings (SSSR count). The minimum Gasteiger partial charge on any atom is -0.368 e. The molecule has 0 aliphatic heterocycles. The quantitative estimate of drug-likeness (QED) is 0.851. The Labute approximate surface area is 98.6 Å². The molecule has 0 aliphatic rings. The van der Waals surface area contributed by atoms with Crippen molar-refractivity contribution in [2.24, 2.45) is 0 Å². The first-order chi connectivity index (χ1) is 7.74. The molecule has 0 aliphatic carbocycles. The number of nitrogens with zero attached hydrogens (tertiary/aromatic N) is 2. The molecule has 3 N–H and O–H groups in total. The Hall–Kier alpha value is -1.62. The second-order valence-corrected chi connectivity index (χ2v) is 4.46. The van der Waals surface area contributed by atoms with Crippen molar-refractivity contribution in [3.63, 3.8) is 0 Å². The lowest BCUT2D eigenvalue weighted by Crippen LogP contribution is -2.18. The summed E-state index contributed by atoms with van der Waals surface area (Å²) in [6.45, 7) is 2.12. The zero-order valence-electron chi connectivity index (χ0n) is 9.05. The van der Waals surface area contributed by atoms with Gasteiger partial charge in [-0.2, -0.15) is 16.3 Å². The largest absolute Gasteiger partial charge is 0.368 e. The van der Waals surface area contributed by atoms with Crippen LogP contribution in [0.25, 0.3) is 0 Å². The van der Waals surface area contributed by atoms with Gasteiger partial charge in [-0.1, -0.05) is 0 Å². The molecule has 0 saturated carbocycles. The summed E-state index contributed by atoms with van der Waals surface area (Å²) in [4.78, 5) is 7.95. The summed E-state index contributed by atoms with van der Waals surface area (Å²) in [5, 5.41) is 7.54. The minimum absolute atomic E-state index is 0.299. The Morgan fingerprint density at radius 3 is 3.06 bits per heavy atom. The molecule has 0 bridgehead atoms. The summed E-state index contributed by atoms with van der Waals surface area (Å²) in [6.07, 6.45) is 2.63. The molecular weight excluding hydrogens is 220 g/mol. The molecule has 0 spiro atoms. The maximum atomic E-state index is 5.51. The lowest BCUT2D eigenvalue weighted by molar-refractivity contribution is 0.786. The van der Waals surface area contributed by atoms with Gasteiger partial charge in [-0.15, -0.1) is 0 Å². The summed E-state index contributed by atoms with van der Waals surface area (Å²) < 4.78 is 0. The van der Waals surface area contributed by atoms with Crippen molar-refractivity contribution in [1.82, 2.24) is 9.97 Å². The Kier molecular flexibility index (Phi) is 3.36. The maximum absolute atomic E-state index is 5.51. The van der Waals surface area contributed by atoms with E-state index in [4.69, 9.17) is 5.73 Å². The van der Waals surface area contributed by atoms with Crippen molar-refractivity contribution in [3.05, 3.63) is 34.7 Å². The van der Waals surface area contributed by atoms with Crippen LogP contribution in [0.5, 0.6) is 0 Å².